The van der Waals surface area contributed by atoms with E-state index < -0.39 is 17.8 Å². The topological polar surface area (TPSA) is 48.1 Å². The number of ether oxygens (including phenoxy) is 1. The zero-order valence-corrected chi connectivity index (χ0v) is 11.6. The predicted octanol–water partition coefficient (Wildman–Crippen LogP) is 3.47. The van der Waals surface area contributed by atoms with E-state index in [2.05, 4.69) is 4.98 Å². The fourth-order valence-electron chi connectivity index (χ4n) is 2.01. The Balaban J connectivity index is 2.36. The van der Waals surface area contributed by atoms with Gasteiger partial charge < -0.3 is 10.5 Å². The van der Waals surface area contributed by atoms with Gasteiger partial charge in [-0.1, -0.05) is 17.7 Å². The normalized spacial score (nSPS) is 13.0. The number of benzene rings is 1. The zero-order valence-electron chi connectivity index (χ0n) is 11.6. The maximum absolute atomic E-state index is 12.5. The number of nitrogens with two attached hydrogens (primary N) is 1. The van der Waals surface area contributed by atoms with Gasteiger partial charge in [-0.2, -0.15) is 13.2 Å². The largest absolute Gasteiger partial charge is 0.496 e. The van der Waals surface area contributed by atoms with Crippen LogP contribution in [0.1, 0.15) is 28.4 Å². The van der Waals surface area contributed by atoms with E-state index in [1.54, 1.807) is 6.07 Å². The Hall–Kier alpha value is -2.08. The van der Waals surface area contributed by atoms with E-state index in [1.807, 2.05) is 19.1 Å². The van der Waals surface area contributed by atoms with E-state index in [9.17, 15) is 13.2 Å². The lowest BCUT2D eigenvalue weighted by Gasteiger charge is -2.16. The summed E-state index contributed by atoms with van der Waals surface area (Å²) in [5.74, 6) is 0.579. The molecule has 112 valence electrons. The van der Waals surface area contributed by atoms with Crippen molar-refractivity contribution in [3.8, 4) is 5.75 Å². The van der Waals surface area contributed by atoms with Gasteiger partial charge in [0.2, 0.25) is 0 Å². The van der Waals surface area contributed by atoms with Crippen LogP contribution < -0.4 is 10.5 Å². The molecule has 21 heavy (non-hydrogen) atoms. The van der Waals surface area contributed by atoms with Gasteiger partial charge in [-0.25, -0.2) is 0 Å². The van der Waals surface area contributed by atoms with Crippen LogP contribution in [-0.4, -0.2) is 12.1 Å². The third-order valence-corrected chi connectivity index (χ3v) is 3.15. The van der Waals surface area contributed by atoms with Crippen LogP contribution >= 0.6 is 0 Å². The first-order valence-electron chi connectivity index (χ1n) is 6.26. The Morgan fingerprint density at radius 3 is 2.43 bits per heavy atom. The molecule has 1 atom stereocenters. The number of hydrogen-bond donors (Lipinski definition) is 1. The molecule has 0 bridgehead atoms. The molecule has 2 aromatic rings. The average molecular weight is 296 g/mol. The standard InChI is InChI=1S/C15H15F3N2O/c1-9-3-6-13(21-2)11(7-9)14(19)12-5-4-10(8-20-12)15(16,17)18/h3-8,14H,19H2,1-2H3. The minimum absolute atomic E-state index is 0.354. The summed E-state index contributed by atoms with van der Waals surface area (Å²) in [6.45, 7) is 1.90. The van der Waals surface area contributed by atoms with Gasteiger partial charge in [0.15, 0.2) is 0 Å². The molecule has 0 aliphatic heterocycles. The molecule has 1 heterocycles. The maximum Gasteiger partial charge on any atom is 0.417 e. The lowest BCUT2D eigenvalue weighted by molar-refractivity contribution is -0.137. The van der Waals surface area contributed by atoms with Crippen molar-refractivity contribution >= 4 is 0 Å². The fourth-order valence-corrected chi connectivity index (χ4v) is 2.01. The fraction of sp³-hybridized carbons (Fsp3) is 0.267. The van der Waals surface area contributed by atoms with Crippen molar-refractivity contribution in [2.45, 2.75) is 19.1 Å². The summed E-state index contributed by atoms with van der Waals surface area (Å²) < 4.78 is 42.8. The molecule has 0 fully saturated rings. The average Bonchev–Trinajstić information content (AvgIpc) is 2.45. The molecule has 0 saturated carbocycles. The predicted molar refractivity (Wildman–Crippen MR) is 73.0 cm³/mol. The number of halogens is 3. The Morgan fingerprint density at radius 1 is 1.19 bits per heavy atom. The molecule has 1 aromatic heterocycles. The minimum atomic E-state index is -4.41. The number of aromatic nitrogens is 1. The van der Waals surface area contributed by atoms with Gasteiger partial charge in [0, 0.05) is 11.8 Å². The summed E-state index contributed by atoms with van der Waals surface area (Å²) >= 11 is 0. The van der Waals surface area contributed by atoms with Crippen LogP contribution in [0.5, 0.6) is 5.75 Å². The van der Waals surface area contributed by atoms with Gasteiger partial charge in [-0.3, -0.25) is 4.98 Å². The second kappa shape index (κ2) is 5.73. The van der Waals surface area contributed by atoms with Crippen molar-refractivity contribution in [1.82, 2.24) is 4.98 Å². The molecule has 0 amide bonds. The Kier molecular flexibility index (Phi) is 4.18. The number of nitrogens with zero attached hydrogens (tertiary/aromatic N) is 1. The van der Waals surface area contributed by atoms with Gasteiger partial charge in [0.25, 0.3) is 0 Å². The summed E-state index contributed by atoms with van der Waals surface area (Å²) in [4.78, 5) is 3.83. The Bertz CT molecular complexity index is 624. The van der Waals surface area contributed by atoms with E-state index >= 15 is 0 Å². The zero-order chi connectivity index (χ0) is 15.6. The first-order chi connectivity index (χ1) is 9.82. The second-order valence-electron chi connectivity index (χ2n) is 4.69. The first kappa shape index (κ1) is 15.3. The molecule has 1 unspecified atom stereocenters. The molecule has 0 aliphatic rings. The Labute approximate surface area is 120 Å². The number of hydrogen-bond acceptors (Lipinski definition) is 3. The molecular weight excluding hydrogens is 281 g/mol. The molecule has 3 nitrogen and oxygen atoms in total. The number of rotatable bonds is 3. The van der Waals surface area contributed by atoms with Crippen molar-refractivity contribution in [1.29, 1.82) is 0 Å². The molecular formula is C15H15F3N2O. The third-order valence-electron chi connectivity index (χ3n) is 3.15. The van der Waals surface area contributed by atoms with E-state index in [-0.39, 0.29) is 0 Å². The highest BCUT2D eigenvalue weighted by Crippen LogP contribution is 2.31. The molecule has 2 rings (SSSR count). The van der Waals surface area contributed by atoms with Crippen LogP contribution in [0, 0.1) is 6.92 Å². The molecule has 0 saturated heterocycles. The van der Waals surface area contributed by atoms with Crippen LogP contribution in [0.2, 0.25) is 0 Å². The van der Waals surface area contributed by atoms with Gasteiger partial charge in [0.05, 0.1) is 24.4 Å². The molecule has 0 spiro atoms. The Morgan fingerprint density at radius 2 is 1.90 bits per heavy atom. The van der Waals surface area contributed by atoms with E-state index in [4.69, 9.17) is 10.5 Å². The summed E-state index contributed by atoms with van der Waals surface area (Å²) in [6, 6.07) is 7.09. The van der Waals surface area contributed by atoms with Crippen molar-refractivity contribution in [2.75, 3.05) is 7.11 Å². The quantitative estimate of drug-likeness (QED) is 0.943. The van der Waals surface area contributed by atoms with Crippen molar-refractivity contribution in [2.24, 2.45) is 5.73 Å². The van der Waals surface area contributed by atoms with E-state index in [0.717, 1.165) is 17.8 Å². The number of pyridine rings is 1. The SMILES string of the molecule is COc1ccc(C)cc1C(N)c1ccc(C(F)(F)F)cn1. The smallest absolute Gasteiger partial charge is 0.417 e. The monoisotopic (exact) mass is 296 g/mol. The summed E-state index contributed by atoms with van der Waals surface area (Å²) in [7, 11) is 1.51. The number of aryl methyl sites for hydroxylation is 1. The molecule has 0 radical (unpaired) electrons. The van der Waals surface area contributed by atoms with Crippen LogP contribution in [0.4, 0.5) is 13.2 Å². The maximum atomic E-state index is 12.5. The highest BCUT2D eigenvalue weighted by Gasteiger charge is 2.31. The summed E-state index contributed by atoms with van der Waals surface area (Å²) in [5, 5.41) is 0. The minimum Gasteiger partial charge on any atom is -0.496 e. The third kappa shape index (κ3) is 3.33. The van der Waals surface area contributed by atoms with Gasteiger partial charge in [-0.15, -0.1) is 0 Å². The second-order valence-corrected chi connectivity index (χ2v) is 4.69. The lowest BCUT2D eigenvalue weighted by Crippen LogP contribution is -2.16. The highest BCUT2D eigenvalue weighted by atomic mass is 19.4. The van der Waals surface area contributed by atoms with Gasteiger partial charge >= 0.3 is 6.18 Å². The lowest BCUT2D eigenvalue weighted by atomic mass is 10.0. The first-order valence-corrected chi connectivity index (χ1v) is 6.26. The van der Waals surface area contributed by atoms with Crippen LogP contribution in [0.15, 0.2) is 36.5 Å². The van der Waals surface area contributed by atoms with E-state index in [1.165, 1.54) is 13.2 Å². The van der Waals surface area contributed by atoms with Crippen LogP contribution in [-0.2, 0) is 6.18 Å². The molecule has 6 heteroatoms. The summed E-state index contributed by atoms with van der Waals surface area (Å²) in [5.41, 5.74) is 7.32. The molecule has 1 aromatic carbocycles. The van der Waals surface area contributed by atoms with Crippen molar-refractivity contribution in [3.05, 3.63) is 58.9 Å². The number of alkyl halides is 3. The molecule has 2 N–H and O–H groups in total. The number of methoxy groups -OCH3 is 1. The van der Waals surface area contributed by atoms with Crippen LogP contribution in [0.3, 0.4) is 0 Å². The summed E-state index contributed by atoms with van der Waals surface area (Å²) in [6.07, 6.45) is -3.62. The van der Waals surface area contributed by atoms with E-state index in [0.29, 0.717) is 17.0 Å². The molecule has 0 aliphatic carbocycles. The van der Waals surface area contributed by atoms with Crippen molar-refractivity contribution in [3.63, 3.8) is 0 Å². The highest BCUT2D eigenvalue weighted by molar-refractivity contribution is 5.42. The van der Waals surface area contributed by atoms with Crippen LogP contribution in [0.25, 0.3) is 0 Å². The van der Waals surface area contributed by atoms with Gasteiger partial charge in [-0.05, 0) is 25.1 Å². The van der Waals surface area contributed by atoms with Crippen molar-refractivity contribution < 1.29 is 17.9 Å². The van der Waals surface area contributed by atoms with Gasteiger partial charge in [0.1, 0.15) is 5.75 Å².